The van der Waals surface area contributed by atoms with Crippen molar-refractivity contribution < 1.29 is 14.3 Å². The molecule has 1 aliphatic rings. The second-order valence-electron chi connectivity index (χ2n) is 3.55. The van der Waals surface area contributed by atoms with Crippen LogP contribution in [0.5, 0.6) is 0 Å². The Kier molecular flexibility index (Phi) is 3.43. The highest BCUT2D eigenvalue weighted by Gasteiger charge is 2.65. The Hall–Kier alpha value is -0.280. The highest BCUT2D eigenvalue weighted by Crippen LogP contribution is 2.57. The van der Waals surface area contributed by atoms with E-state index >= 15 is 0 Å². The number of carbonyl (C=O) groups is 2. The maximum Gasteiger partial charge on any atom is 0.303 e. The molecule has 0 aliphatic heterocycles. The Morgan fingerprint density at radius 3 is 2.36 bits per heavy atom. The molecule has 80 valence electrons. The summed E-state index contributed by atoms with van der Waals surface area (Å²) in [6.45, 7) is 2.82. The van der Waals surface area contributed by atoms with Crippen molar-refractivity contribution in [2.24, 2.45) is 5.92 Å². The zero-order valence-electron chi connectivity index (χ0n) is 8.05. The molecule has 0 radical (unpaired) electrons. The molecule has 1 aliphatic carbocycles. The summed E-state index contributed by atoms with van der Waals surface area (Å²) < 4.78 is 3.91. The highest BCUT2D eigenvalue weighted by molar-refractivity contribution is 6.51. The molecule has 0 heterocycles. The monoisotopic (exact) mass is 238 g/mol. The molecule has 1 fully saturated rings. The molecule has 5 heteroatoms. The van der Waals surface area contributed by atoms with Crippen LogP contribution in [0.25, 0.3) is 0 Å². The Morgan fingerprint density at radius 2 is 1.93 bits per heavy atom. The lowest BCUT2D eigenvalue weighted by Gasteiger charge is -1.98. The van der Waals surface area contributed by atoms with E-state index in [0.717, 1.165) is 0 Å². The molecule has 1 rings (SSSR count). The SMILES string of the molecule is CC(=O)CC[C@@H]1[C@H](OC(C)=O)C1(Cl)Cl. The van der Waals surface area contributed by atoms with E-state index in [4.69, 9.17) is 27.9 Å². The molecule has 0 aromatic heterocycles. The average molecular weight is 239 g/mol. The normalized spacial score (nSPS) is 28.3. The van der Waals surface area contributed by atoms with E-state index in [1.165, 1.54) is 13.8 Å². The molecule has 14 heavy (non-hydrogen) atoms. The third kappa shape index (κ3) is 2.61. The fourth-order valence-electron chi connectivity index (χ4n) is 1.40. The Morgan fingerprint density at radius 1 is 1.36 bits per heavy atom. The van der Waals surface area contributed by atoms with Gasteiger partial charge in [0.05, 0.1) is 0 Å². The minimum atomic E-state index is -0.999. The number of ether oxygens (including phenoxy) is 1. The molecule has 0 spiro atoms. The predicted molar refractivity (Wildman–Crippen MR) is 53.4 cm³/mol. The van der Waals surface area contributed by atoms with Gasteiger partial charge in [-0.3, -0.25) is 4.79 Å². The second-order valence-corrected chi connectivity index (χ2v) is 5.00. The van der Waals surface area contributed by atoms with Gasteiger partial charge in [0.25, 0.3) is 0 Å². The number of alkyl halides is 2. The van der Waals surface area contributed by atoms with Crippen LogP contribution in [0.15, 0.2) is 0 Å². The standard InChI is InChI=1S/C9H12Cl2O3/c1-5(12)3-4-7-8(9(7,10)11)14-6(2)13/h7-8H,3-4H2,1-2H3/t7-,8+/m1/s1. The summed E-state index contributed by atoms with van der Waals surface area (Å²) in [5, 5.41) is 0. The summed E-state index contributed by atoms with van der Waals surface area (Å²) in [6.07, 6.45) is 0.534. The van der Waals surface area contributed by atoms with Gasteiger partial charge in [0.15, 0.2) is 4.33 Å². The van der Waals surface area contributed by atoms with E-state index in [9.17, 15) is 9.59 Å². The first kappa shape index (κ1) is 11.8. The Labute approximate surface area is 92.7 Å². The molecular formula is C9H12Cl2O3. The van der Waals surface area contributed by atoms with Gasteiger partial charge in [0, 0.05) is 19.3 Å². The van der Waals surface area contributed by atoms with Crippen LogP contribution in [0.4, 0.5) is 0 Å². The quantitative estimate of drug-likeness (QED) is 0.557. The molecule has 1 saturated carbocycles. The van der Waals surface area contributed by atoms with Crippen molar-refractivity contribution in [2.75, 3.05) is 0 Å². The van der Waals surface area contributed by atoms with Crippen molar-refractivity contribution in [1.82, 2.24) is 0 Å². The summed E-state index contributed by atoms with van der Waals surface area (Å²) in [6, 6.07) is 0. The number of ketones is 1. The van der Waals surface area contributed by atoms with Crippen LogP contribution in [0.1, 0.15) is 26.7 Å². The van der Waals surface area contributed by atoms with Crippen LogP contribution >= 0.6 is 23.2 Å². The zero-order valence-corrected chi connectivity index (χ0v) is 9.56. The molecule has 0 bridgehead atoms. The van der Waals surface area contributed by atoms with Gasteiger partial charge in [-0.1, -0.05) is 23.2 Å². The molecule has 0 unspecified atom stereocenters. The van der Waals surface area contributed by atoms with E-state index in [0.29, 0.717) is 12.8 Å². The van der Waals surface area contributed by atoms with Crippen molar-refractivity contribution >= 4 is 35.0 Å². The zero-order chi connectivity index (χ0) is 10.9. The van der Waals surface area contributed by atoms with Gasteiger partial charge in [0.1, 0.15) is 11.9 Å². The van der Waals surface area contributed by atoms with E-state index < -0.39 is 16.4 Å². The van der Waals surface area contributed by atoms with Crippen LogP contribution in [0.2, 0.25) is 0 Å². The van der Waals surface area contributed by atoms with E-state index in [2.05, 4.69) is 0 Å². The molecule has 0 aromatic rings. The first-order valence-electron chi connectivity index (χ1n) is 4.40. The van der Waals surface area contributed by atoms with E-state index in [1.54, 1.807) is 0 Å². The van der Waals surface area contributed by atoms with Gasteiger partial charge in [-0.15, -0.1) is 0 Å². The number of halogens is 2. The minimum absolute atomic E-state index is 0.0857. The summed E-state index contributed by atoms with van der Waals surface area (Å²) in [4.78, 5) is 21.4. The third-order valence-electron chi connectivity index (χ3n) is 2.23. The van der Waals surface area contributed by atoms with Crippen LogP contribution < -0.4 is 0 Å². The fourth-order valence-corrected chi connectivity index (χ4v) is 2.12. The number of Topliss-reactive ketones (excluding diaryl/α,β-unsaturated/α-hetero) is 1. The largest absolute Gasteiger partial charge is 0.459 e. The molecule has 0 saturated heterocycles. The molecule has 3 nitrogen and oxygen atoms in total. The Balaban J connectivity index is 2.40. The average Bonchev–Trinajstić information content (AvgIpc) is 2.48. The third-order valence-corrected chi connectivity index (χ3v) is 3.22. The van der Waals surface area contributed by atoms with Gasteiger partial charge in [-0.2, -0.15) is 0 Å². The van der Waals surface area contributed by atoms with Crippen LogP contribution in [-0.2, 0) is 14.3 Å². The first-order chi connectivity index (χ1) is 6.35. The van der Waals surface area contributed by atoms with Gasteiger partial charge < -0.3 is 9.53 Å². The van der Waals surface area contributed by atoms with Crippen LogP contribution in [0, 0.1) is 5.92 Å². The van der Waals surface area contributed by atoms with Crippen molar-refractivity contribution in [2.45, 2.75) is 37.1 Å². The maximum atomic E-state index is 10.7. The summed E-state index contributed by atoms with van der Waals surface area (Å²) in [5.74, 6) is -0.424. The van der Waals surface area contributed by atoms with Gasteiger partial charge in [-0.25, -0.2) is 0 Å². The van der Waals surface area contributed by atoms with Crippen molar-refractivity contribution in [3.63, 3.8) is 0 Å². The molecule has 0 aromatic carbocycles. The molecule has 2 atom stereocenters. The number of hydrogen-bond acceptors (Lipinski definition) is 3. The maximum absolute atomic E-state index is 10.7. The summed E-state index contributed by atoms with van der Waals surface area (Å²) in [5.41, 5.74) is 0. The number of rotatable bonds is 4. The number of carbonyl (C=O) groups excluding carboxylic acids is 2. The first-order valence-corrected chi connectivity index (χ1v) is 5.15. The lowest BCUT2D eigenvalue weighted by molar-refractivity contribution is -0.142. The van der Waals surface area contributed by atoms with Crippen LogP contribution in [-0.4, -0.2) is 22.2 Å². The number of hydrogen-bond donors (Lipinski definition) is 0. The lowest BCUT2D eigenvalue weighted by Crippen LogP contribution is -2.06. The lowest BCUT2D eigenvalue weighted by atomic mass is 10.2. The van der Waals surface area contributed by atoms with E-state index in [-0.39, 0.29) is 11.7 Å². The Bertz CT molecular complexity index is 263. The van der Waals surface area contributed by atoms with Gasteiger partial charge in [0.2, 0.25) is 0 Å². The molecular weight excluding hydrogens is 227 g/mol. The number of esters is 1. The highest BCUT2D eigenvalue weighted by atomic mass is 35.5. The topological polar surface area (TPSA) is 43.4 Å². The predicted octanol–water partition coefficient (Wildman–Crippen LogP) is 2.09. The van der Waals surface area contributed by atoms with Gasteiger partial charge >= 0.3 is 5.97 Å². The minimum Gasteiger partial charge on any atom is -0.459 e. The summed E-state index contributed by atoms with van der Waals surface area (Å²) >= 11 is 11.8. The van der Waals surface area contributed by atoms with E-state index in [1.807, 2.05) is 0 Å². The summed E-state index contributed by atoms with van der Waals surface area (Å²) in [7, 11) is 0. The van der Waals surface area contributed by atoms with Crippen molar-refractivity contribution in [1.29, 1.82) is 0 Å². The van der Waals surface area contributed by atoms with Crippen molar-refractivity contribution in [3.05, 3.63) is 0 Å². The van der Waals surface area contributed by atoms with Crippen molar-refractivity contribution in [3.8, 4) is 0 Å². The van der Waals surface area contributed by atoms with Crippen LogP contribution in [0.3, 0.4) is 0 Å². The second kappa shape index (κ2) is 4.07. The van der Waals surface area contributed by atoms with Gasteiger partial charge in [-0.05, 0) is 13.3 Å². The molecule has 0 amide bonds. The smallest absolute Gasteiger partial charge is 0.303 e. The molecule has 0 N–H and O–H groups in total. The fraction of sp³-hybridized carbons (Fsp3) is 0.778.